The van der Waals surface area contributed by atoms with Crippen molar-refractivity contribution in [1.82, 2.24) is 0 Å². The van der Waals surface area contributed by atoms with E-state index in [4.69, 9.17) is 26.3 Å². The molecule has 138 valence electrons. The fraction of sp³-hybridized carbons (Fsp3) is 0.364. The Hall–Kier alpha value is -2.04. The molecule has 3 aliphatic rings. The van der Waals surface area contributed by atoms with Crippen LogP contribution in [0.1, 0.15) is 30.9 Å². The van der Waals surface area contributed by atoms with Crippen molar-refractivity contribution in [1.29, 1.82) is 0 Å². The second kappa shape index (κ2) is 5.98. The summed E-state index contributed by atoms with van der Waals surface area (Å²) in [5.74, 6) is -0.403. The number of benzene rings is 2. The monoisotopic (exact) mass is 382 g/mol. The molecule has 0 saturated carbocycles. The zero-order valence-electron chi connectivity index (χ0n) is 15.1. The minimum absolute atomic E-state index is 0.0269. The molecular formula is C22H20ClFN2O. The van der Waals surface area contributed by atoms with Gasteiger partial charge in [-0.1, -0.05) is 29.8 Å². The number of hydrogen-bond acceptors (Lipinski definition) is 3. The third kappa shape index (κ3) is 2.43. The van der Waals surface area contributed by atoms with Crippen molar-refractivity contribution in [2.75, 3.05) is 13.2 Å². The van der Waals surface area contributed by atoms with Gasteiger partial charge in [0.2, 0.25) is 0 Å². The summed E-state index contributed by atoms with van der Waals surface area (Å²) in [5.41, 5.74) is 4.74. The molecule has 2 aromatic carbocycles. The summed E-state index contributed by atoms with van der Waals surface area (Å²) < 4.78 is 19.2. The van der Waals surface area contributed by atoms with E-state index < -0.39 is 11.5 Å². The zero-order valence-corrected chi connectivity index (χ0v) is 15.9. The molecule has 1 saturated heterocycles. The van der Waals surface area contributed by atoms with Crippen LogP contribution in [0.25, 0.3) is 11.1 Å². The van der Waals surface area contributed by atoms with Crippen LogP contribution in [0.15, 0.2) is 46.4 Å². The van der Waals surface area contributed by atoms with E-state index >= 15 is 0 Å². The summed E-state index contributed by atoms with van der Waals surface area (Å²) in [6.45, 7) is 3.51. The van der Waals surface area contributed by atoms with Gasteiger partial charge in [-0.2, -0.15) is 0 Å². The Morgan fingerprint density at radius 1 is 1.07 bits per heavy atom. The van der Waals surface area contributed by atoms with E-state index in [1.807, 2.05) is 13.1 Å². The van der Waals surface area contributed by atoms with Crippen molar-refractivity contribution in [2.45, 2.75) is 31.8 Å². The quantitative estimate of drug-likeness (QED) is 0.667. The average Bonchev–Trinajstić information content (AvgIpc) is 3.18. The minimum Gasteiger partial charge on any atom is -0.381 e. The first-order valence-corrected chi connectivity index (χ1v) is 9.69. The number of halogens is 2. The predicted octanol–water partition coefficient (Wildman–Crippen LogP) is 5.20. The molecule has 3 nitrogen and oxygen atoms in total. The van der Waals surface area contributed by atoms with Gasteiger partial charge in [-0.3, -0.25) is 9.98 Å². The van der Waals surface area contributed by atoms with Gasteiger partial charge < -0.3 is 4.74 Å². The fourth-order valence-electron chi connectivity index (χ4n) is 4.86. The minimum atomic E-state index is -0.559. The lowest BCUT2D eigenvalue weighted by Gasteiger charge is -2.42. The number of rotatable bonds is 1. The Kier molecular flexibility index (Phi) is 3.78. The van der Waals surface area contributed by atoms with Gasteiger partial charge in [0.05, 0.1) is 10.7 Å². The first-order valence-electron chi connectivity index (χ1n) is 9.31. The standard InChI is InChI=1S/C22H20ClFN2O/c1-14-13-25-22(26-14)18-10-15(16-4-5-20(24)19(23)11-16)2-3-17(18)12-21(22)6-8-27-9-7-21/h2-5,10-11,13H,6-9,12H2,1H3. The lowest BCUT2D eigenvalue weighted by molar-refractivity contribution is -0.0193. The van der Waals surface area contributed by atoms with Crippen molar-refractivity contribution in [3.8, 4) is 11.1 Å². The smallest absolute Gasteiger partial charge is 0.182 e. The molecule has 1 aliphatic carbocycles. The average molecular weight is 383 g/mol. The van der Waals surface area contributed by atoms with Crippen LogP contribution in [-0.2, 0) is 16.8 Å². The molecule has 0 bridgehead atoms. The summed E-state index contributed by atoms with van der Waals surface area (Å²) in [6.07, 6.45) is 4.76. The van der Waals surface area contributed by atoms with Gasteiger partial charge in [-0.25, -0.2) is 4.39 Å². The van der Waals surface area contributed by atoms with Crippen molar-refractivity contribution in [3.05, 3.63) is 58.4 Å². The maximum atomic E-state index is 13.6. The van der Waals surface area contributed by atoms with Gasteiger partial charge >= 0.3 is 0 Å². The highest BCUT2D eigenvalue weighted by atomic mass is 35.5. The molecule has 2 aromatic rings. The highest BCUT2D eigenvalue weighted by Crippen LogP contribution is 2.60. The highest BCUT2D eigenvalue weighted by molar-refractivity contribution is 6.31. The Morgan fingerprint density at radius 2 is 1.81 bits per heavy atom. The molecule has 0 amide bonds. The summed E-state index contributed by atoms with van der Waals surface area (Å²) in [4.78, 5) is 10.0. The normalized spacial score (nSPS) is 25.2. The second-order valence-electron chi connectivity index (χ2n) is 7.75. The van der Waals surface area contributed by atoms with Gasteiger partial charge in [-0.05, 0) is 61.1 Å². The van der Waals surface area contributed by atoms with Crippen LogP contribution in [0.2, 0.25) is 5.02 Å². The summed E-state index contributed by atoms with van der Waals surface area (Å²) in [6, 6.07) is 11.3. The summed E-state index contributed by atoms with van der Waals surface area (Å²) in [5, 5.41) is 0.136. The van der Waals surface area contributed by atoms with Gasteiger partial charge in [0, 0.05) is 30.4 Å². The second-order valence-corrected chi connectivity index (χ2v) is 8.16. The molecule has 0 N–H and O–H groups in total. The van der Waals surface area contributed by atoms with Crippen LogP contribution < -0.4 is 0 Å². The van der Waals surface area contributed by atoms with E-state index in [0.717, 1.165) is 54.9 Å². The lowest BCUT2D eigenvalue weighted by Crippen LogP contribution is -2.43. The van der Waals surface area contributed by atoms with E-state index in [1.54, 1.807) is 12.1 Å². The van der Waals surface area contributed by atoms with Crippen LogP contribution in [0.4, 0.5) is 4.39 Å². The van der Waals surface area contributed by atoms with E-state index in [1.165, 1.54) is 11.6 Å². The number of fused-ring (bicyclic) bond motifs is 3. The Bertz CT molecular complexity index is 994. The topological polar surface area (TPSA) is 34.0 Å². The largest absolute Gasteiger partial charge is 0.381 e. The van der Waals surface area contributed by atoms with Crippen LogP contribution >= 0.6 is 11.6 Å². The summed E-state index contributed by atoms with van der Waals surface area (Å²) in [7, 11) is 0. The molecule has 0 aromatic heterocycles. The third-order valence-corrected chi connectivity index (χ3v) is 6.52. The number of nitrogens with zero attached hydrogens (tertiary/aromatic N) is 2. The van der Waals surface area contributed by atoms with Crippen molar-refractivity contribution in [3.63, 3.8) is 0 Å². The Morgan fingerprint density at radius 3 is 2.52 bits per heavy atom. The summed E-state index contributed by atoms with van der Waals surface area (Å²) >= 11 is 6.00. The van der Waals surface area contributed by atoms with E-state index in [0.29, 0.717) is 0 Å². The molecule has 5 rings (SSSR count). The maximum Gasteiger partial charge on any atom is 0.182 e. The van der Waals surface area contributed by atoms with Crippen LogP contribution in [0.3, 0.4) is 0 Å². The van der Waals surface area contributed by atoms with E-state index in [-0.39, 0.29) is 10.4 Å². The lowest BCUT2D eigenvalue weighted by atomic mass is 9.70. The fourth-order valence-corrected chi connectivity index (χ4v) is 5.04. The van der Waals surface area contributed by atoms with Gasteiger partial charge in [0.25, 0.3) is 0 Å². The molecular weight excluding hydrogens is 363 g/mol. The van der Waals surface area contributed by atoms with Gasteiger partial charge in [0.15, 0.2) is 5.66 Å². The number of aliphatic imine (C=N–C) groups is 2. The Labute approximate surface area is 162 Å². The van der Waals surface area contributed by atoms with Gasteiger partial charge in [0.1, 0.15) is 5.82 Å². The molecule has 2 heterocycles. The van der Waals surface area contributed by atoms with Crippen molar-refractivity contribution >= 4 is 23.5 Å². The predicted molar refractivity (Wildman–Crippen MR) is 106 cm³/mol. The SMILES string of the molecule is CC1=NC2(N=C1)c1cc(-c3ccc(F)c(Cl)c3)ccc1CC21CCOCC1. The molecule has 1 unspecified atom stereocenters. The molecule has 2 spiro atoms. The van der Waals surface area contributed by atoms with E-state index in [2.05, 4.69) is 18.2 Å². The molecule has 5 heteroatoms. The zero-order chi connectivity index (χ0) is 18.6. The molecule has 2 aliphatic heterocycles. The maximum absolute atomic E-state index is 13.6. The molecule has 1 fully saturated rings. The molecule has 27 heavy (non-hydrogen) atoms. The highest BCUT2D eigenvalue weighted by Gasteiger charge is 2.59. The number of hydrogen-bond donors (Lipinski definition) is 0. The first kappa shape index (κ1) is 17.1. The van der Waals surface area contributed by atoms with Crippen LogP contribution in [-0.4, -0.2) is 25.1 Å². The number of ether oxygens (including phenoxy) is 1. The van der Waals surface area contributed by atoms with Crippen LogP contribution in [0.5, 0.6) is 0 Å². The Balaban J connectivity index is 1.67. The van der Waals surface area contributed by atoms with Crippen molar-refractivity contribution in [2.24, 2.45) is 15.4 Å². The molecule has 1 atom stereocenters. The third-order valence-electron chi connectivity index (χ3n) is 6.23. The molecule has 0 radical (unpaired) electrons. The van der Waals surface area contributed by atoms with E-state index in [9.17, 15) is 4.39 Å². The first-order chi connectivity index (χ1) is 13.0. The van der Waals surface area contributed by atoms with Crippen LogP contribution in [0, 0.1) is 11.2 Å². The van der Waals surface area contributed by atoms with Crippen molar-refractivity contribution < 1.29 is 9.13 Å². The van der Waals surface area contributed by atoms with Gasteiger partial charge in [-0.15, -0.1) is 0 Å².